The van der Waals surface area contributed by atoms with E-state index < -0.39 is 11.6 Å². The van der Waals surface area contributed by atoms with Crippen molar-refractivity contribution < 1.29 is 18.3 Å². The summed E-state index contributed by atoms with van der Waals surface area (Å²) in [6.07, 6.45) is 0.476. The summed E-state index contributed by atoms with van der Waals surface area (Å²) in [6.45, 7) is 3.81. The number of carbonyl (C=O) groups excluding carboxylic acids is 1. The average molecular weight is 515 g/mol. The maximum absolute atomic E-state index is 14.4. The number of anilines is 2. The lowest BCUT2D eigenvalue weighted by Crippen LogP contribution is -2.45. The quantitative estimate of drug-likeness (QED) is 0.551. The van der Waals surface area contributed by atoms with Crippen LogP contribution in [0.2, 0.25) is 5.02 Å². The highest BCUT2D eigenvalue weighted by Crippen LogP contribution is 2.33. The van der Waals surface area contributed by atoms with E-state index in [2.05, 4.69) is 27.1 Å². The molecule has 3 aromatic rings. The van der Waals surface area contributed by atoms with E-state index in [1.165, 1.54) is 6.07 Å². The molecule has 11 heteroatoms. The number of hydrogen-bond acceptors (Lipinski definition) is 6. The zero-order valence-electron chi connectivity index (χ0n) is 19.7. The van der Waals surface area contributed by atoms with Crippen LogP contribution in [0.3, 0.4) is 0 Å². The highest BCUT2D eigenvalue weighted by atomic mass is 35.5. The zero-order chi connectivity index (χ0) is 25.2. The molecule has 1 aromatic heterocycles. The summed E-state index contributed by atoms with van der Waals surface area (Å²) in [5.41, 5.74) is 1.90. The van der Waals surface area contributed by atoms with Crippen LogP contribution in [0, 0.1) is 11.6 Å². The summed E-state index contributed by atoms with van der Waals surface area (Å²) in [7, 11) is 2.06. The lowest BCUT2D eigenvalue weighted by atomic mass is 10.1. The van der Waals surface area contributed by atoms with Gasteiger partial charge < -0.3 is 24.8 Å². The number of amides is 2. The Morgan fingerprint density at radius 2 is 1.86 bits per heavy atom. The van der Waals surface area contributed by atoms with Crippen LogP contribution < -0.4 is 15.0 Å². The van der Waals surface area contributed by atoms with Crippen LogP contribution in [-0.4, -0.2) is 65.6 Å². The number of likely N-dealkylation sites (N-methyl/N-ethyl adjacent to an activating group) is 1. The number of urea groups is 1. The van der Waals surface area contributed by atoms with E-state index in [9.17, 15) is 13.6 Å². The van der Waals surface area contributed by atoms with Gasteiger partial charge in [-0.3, -0.25) is 0 Å². The molecule has 2 aliphatic heterocycles. The molecule has 0 saturated carbocycles. The van der Waals surface area contributed by atoms with Crippen LogP contribution in [0.5, 0.6) is 11.6 Å². The van der Waals surface area contributed by atoms with Crippen LogP contribution in [0.1, 0.15) is 11.3 Å². The van der Waals surface area contributed by atoms with E-state index in [0.29, 0.717) is 35.2 Å². The Balaban J connectivity index is 1.44. The first-order valence-electron chi connectivity index (χ1n) is 11.6. The maximum atomic E-state index is 14.4. The van der Waals surface area contributed by atoms with Gasteiger partial charge in [-0.15, -0.1) is 0 Å². The number of halogens is 3. The molecule has 8 nitrogen and oxygen atoms in total. The van der Waals surface area contributed by atoms with Crippen LogP contribution >= 0.6 is 11.6 Å². The SMILES string of the molecule is CN1CCN(c2nc3c(c(Oc4ccc(F)cc4F)n2)CN(C(=O)Nc2cccc(Cl)c2)CC3)CC1. The summed E-state index contributed by atoms with van der Waals surface area (Å²) in [4.78, 5) is 28.3. The Bertz CT molecular complexity index is 1290. The fourth-order valence-electron chi connectivity index (χ4n) is 4.21. The molecule has 5 rings (SSSR count). The van der Waals surface area contributed by atoms with Gasteiger partial charge in [0.05, 0.1) is 17.8 Å². The molecule has 1 saturated heterocycles. The summed E-state index contributed by atoms with van der Waals surface area (Å²) in [6, 6.07) is 9.68. The third-order valence-corrected chi connectivity index (χ3v) is 6.50. The lowest BCUT2D eigenvalue weighted by molar-refractivity contribution is 0.204. The standard InChI is InChI=1S/C25H25ClF2N6O2/c1-32-9-11-33(12-10-32)24-30-21-7-8-34(25(35)29-18-4-2-3-16(26)13-18)15-19(21)23(31-24)36-22-6-5-17(27)14-20(22)28/h2-6,13-14H,7-12,15H2,1H3,(H,29,35). The van der Waals surface area contributed by atoms with Gasteiger partial charge in [0.25, 0.3) is 0 Å². The second-order valence-corrected chi connectivity index (χ2v) is 9.27. The Morgan fingerprint density at radius 1 is 1.06 bits per heavy atom. The molecule has 0 aliphatic carbocycles. The Kier molecular flexibility index (Phi) is 6.88. The van der Waals surface area contributed by atoms with Crippen molar-refractivity contribution in [2.24, 2.45) is 0 Å². The van der Waals surface area contributed by atoms with Crippen molar-refractivity contribution in [3.63, 3.8) is 0 Å². The van der Waals surface area contributed by atoms with Crippen molar-refractivity contribution in [2.75, 3.05) is 50.0 Å². The molecule has 1 N–H and O–H groups in total. The first-order chi connectivity index (χ1) is 17.4. The summed E-state index contributed by atoms with van der Waals surface area (Å²) >= 11 is 6.03. The number of piperazine rings is 1. The van der Waals surface area contributed by atoms with Crippen LogP contribution in [0.25, 0.3) is 0 Å². The normalized spacial score (nSPS) is 16.0. The van der Waals surface area contributed by atoms with Crippen molar-refractivity contribution in [3.05, 3.63) is 70.4 Å². The Hall–Kier alpha value is -3.50. The Morgan fingerprint density at radius 3 is 2.61 bits per heavy atom. The molecule has 0 atom stereocenters. The molecule has 0 spiro atoms. The minimum absolute atomic E-state index is 0.151. The number of aromatic nitrogens is 2. The number of nitrogens with zero attached hydrogens (tertiary/aromatic N) is 5. The lowest BCUT2D eigenvalue weighted by Gasteiger charge is -2.34. The van der Waals surface area contributed by atoms with Crippen molar-refractivity contribution in [1.29, 1.82) is 0 Å². The van der Waals surface area contributed by atoms with Crippen molar-refractivity contribution >= 4 is 29.3 Å². The fraction of sp³-hybridized carbons (Fsp3) is 0.320. The molecular weight excluding hydrogens is 490 g/mol. The molecule has 2 aliphatic rings. The van der Waals surface area contributed by atoms with Gasteiger partial charge in [0.1, 0.15) is 5.82 Å². The highest BCUT2D eigenvalue weighted by Gasteiger charge is 2.29. The van der Waals surface area contributed by atoms with Crippen LogP contribution in [0.4, 0.5) is 25.2 Å². The number of carbonyl (C=O) groups is 1. The second-order valence-electron chi connectivity index (χ2n) is 8.83. The van der Waals surface area contributed by atoms with Gasteiger partial charge in [0.2, 0.25) is 11.8 Å². The number of benzene rings is 2. The maximum Gasteiger partial charge on any atom is 0.322 e. The molecular formula is C25H25ClF2N6O2. The van der Waals surface area contributed by atoms with E-state index in [-0.39, 0.29) is 24.2 Å². The van der Waals surface area contributed by atoms with Crippen molar-refractivity contribution in [3.8, 4) is 11.6 Å². The minimum atomic E-state index is -0.838. The van der Waals surface area contributed by atoms with Gasteiger partial charge in [-0.2, -0.15) is 4.98 Å². The van der Waals surface area contributed by atoms with Gasteiger partial charge in [-0.05, 0) is 37.4 Å². The number of hydrogen-bond donors (Lipinski definition) is 1. The largest absolute Gasteiger partial charge is 0.435 e. The third-order valence-electron chi connectivity index (χ3n) is 6.26. The van der Waals surface area contributed by atoms with Gasteiger partial charge in [0, 0.05) is 55.9 Å². The van der Waals surface area contributed by atoms with E-state index in [4.69, 9.17) is 21.3 Å². The molecule has 0 unspecified atom stereocenters. The van der Waals surface area contributed by atoms with E-state index >= 15 is 0 Å². The van der Waals surface area contributed by atoms with E-state index in [0.717, 1.165) is 44.0 Å². The molecule has 0 radical (unpaired) electrons. The highest BCUT2D eigenvalue weighted by molar-refractivity contribution is 6.30. The molecule has 2 amide bonds. The van der Waals surface area contributed by atoms with Gasteiger partial charge >= 0.3 is 6.03 Å². The monoisotopic (exact) mass is 514 g/mol. The van der Waals surface area contributed by atoms with Crippen LogP contribution in [0.15, 0.2) is 42.5 Å². The first-order valence-corrected chi connectivity index (χ1v) is 12.0. The molecule has 0 bridgehead atoms. The molecule has 3 heterocycles. The third kappa shape index (κ3) is 5.34. The van der Waals surface area contributed by atoms with Gasteiger partial charge in [-0.25, -0.2) is 18.6 Å². The van der Waals surface area contributed by atoms with Gasteiger partial charge in [-0.1, -0.05) is 17.7 Å². The van der Waals surface area contributed by atoms with E-state index in [1.807, 2.05) is 0 Å². The first kappa shape index (κ1) is 24.2. The topological polar surface area (TPSA) is 73.8 Å². The molecule has 36 heavy (non-hydrogen) atoms. The zero-order valence-corrected chi connectivity index (χ0v) is 20.4. The molecule has 1 fully saturated rings. The number of ether oxygens (including phenoxy) is 1. The van der Waals surface area contributed by atoms with Crippen molar-refractivity contribution in [1.82, 2.24) is 19.8 Å². The number of nitrogens with one attached hydrogen (secondary N) is 1. The molecule has 2 aromatic carbocycles. The average Bonchev–Trinajstić information content (AvgIpc) is 2.86. The summed E-state index contributed by atoms with van der Waals surface area (Å²) in [5, 5.41) is 3.35. The molecule has 188 valence electrons. The second kappa shape index (κ2) is 10.2. The fourth-order valence-corrected chi connectivity index (χ4v) is 4.40. The number of fused-ring (bicyclic) bond motifs is 1. The van der Waals surface area contributed by atoms with E-state index in [1.54, 1.807) is 29.2 Å². The Labute approximate surface area is 212 Å². The summed E-state index contributed by atoms with van der Waals surface area (Å²) < 4.78 is 33.8. The minimum Gasteiger partial charge on any atom is -0.435 e. The predicted molar refractivity (Wildman–Crippen MR) is 133 cm³/mol. The van der Waals surface area contributed by atoms with Crippen molar-refractivity contribution in [2.45, 2.75) is 13.0 Å². The summed E-state index contributed by atoms with van der Waals surface area (Å²) in [5.74, 6) is -1.04. The van der Waals surface area contributed by atoms with Gasteiger partial charge in [0.15, 0.2) is 11.6 Å². The number of rotatable bonds is 4. The predicted octanol–water partition coefficient (Wildman–Crippen LogP) is 4.54. The van der Waals surface area contributed by atoms with Crippen LogP contribution in [-0.2, 0) is 13.0 Å². The smallest absolute Gasteiger partial charge is 0.322 e.